The fourth-order valence-electron chi connectivity index (χ4n) is 4.06. The Hall–Kier alpha value is -2.34. The minimum absolute atomic E-state index is 0.506. The van der Waals surface area contributed by atoms with Gasteiger partial charge in [-0.25, -0.2) is 0 Å². The van der Waals surface area contributed by atoms with E-state index < -0.39 is 0 Å². The molecule has 2 atom stereocenters. The lowest BCUT2D eigenvalue weighted by Gasteiger charge is -2.43. The fourth-order valence-corrected chi connectivity index (χ4v) is 4.06. The Morgan fingerprint density at radius 1 is 0.600 bits per heavy atom. The molecule has 0 N–H and O–H groups in total. The van der Waals surface area contributed by atoms with Crippen LogP contribution in [-0.4, -0.2) is 0 Å². The van der Waals surface area contributed by atoms with E-state index in [4.69, 9.17) is 0 Å². The predicted molar refractivity (Wildman–Crippen MR) is 83.8 cm³/mol. The lowest BCUT2D eigenvalue weighted by Crippen LogP contribution is -2.29. The van der Waals surface area contributed by atoms with Gasteiger partial charge in [-0.15, -0.1) is 0 Å². The Bertz CT molecular complexity index is 737. The molecule has 2 unspecified atom stereocenters. The third-order valence-electron chi connectivity index (χ3n) is 4.87. The van der Waals surface area contributed by atoms with Gasteiger partial charge < -0.3 is 0 Å². The molecule has 0 saturated carbocycles. The summed E-state index contributed by atoms with van der Waals surface area (Å²) in [5.74, 6) is 1.01. The zero-order chi connectivity index (χ0) is 13.1. The molecule has 0 aromatic heterocycles. The standard InChI is InChI=1S/C20H14/c1-2-8-16-15(7-1)17-9-3-5-13-11-12-14-6-4-10-18(16)20(14)19(13)17/h1-12,19-20H. The van der Waals surface area contributed by atoms with Crippen molar-refractivity contribution < 1.29 is 0 Å². The van der Waals surface area contributed by atoms with Crippen LogP contribution in [0.2, 0.25) is 0 Å². The molecule has 0 spiro atoms. The van der Waals surface area contributed by atoms with E-state index in [2.05, 4.69) is 72.9 Å². The summed E-state index contributed by atoms with van der Waals surface area (Å²) in [6, 6.07) is 8.84. The van der Waals surface area contributed by atoms with Crippen LogP contribution in [0, 0.1) is 11.8 Å². The molecular formula is C20H14. The van der Waals surface area contributed by atoms with Gasteiger partial charge in [-0.05, 0) is 33.4 Å². The van der Waals surface area contributed by atoms with Crippen LogP contribution in [0.5, 0.6) is 0 Å². The van der Waals surface area contributed by atoms with Crippen molar-refractivity contribution in [2.75, 3.05) is 0 Å². The van der Waals surface area contributed by atoms with Crippen LogP contribution in [0.4, 0.5) is 0 Å². The Labute approximate surface area is 118 Å². The zero-order valence-corrected chi connectivity index (χ0v) is 11.1. The van der Waals surface area contributed by atoms with Gasteiger partial charge in [0.25, 0.3) is 0 Å². The van der Waals surface area contributed by atoms with Crippen molar-refractivity contribution >= 4 is 11.1 Å². The first-order valence-electron chi connectivity index (χ1n) is 7.21. The Morgan fingerprint density at radius 2 is 1.10 bits per heavy atom. The summed E-state index contributed by atoms with van der Waals surface area (Å²) >= 11 is 0. The molecule has 0 saturated heterocycles. The van der Waals surface area contributed by atoms with Crippen molar-refractivity contribution in [1.82, 2.24) is 0 Å². The third-order valence-corrected chi connectivity index (χ3v) is 4.87. The maximum atomic E-state index is 2.30. The Kier molecular flexibility index (Phi) is 1.88. The quantitative estimate of drug-likeness (QED) is 0.629. The highest BCUT2D eigenvalue weighted by atomic mass is 14.4. The van der Waals surface area contributed by atoms with Gasteiger partial charge in [0.15, 0.2) is 0 Å². The van der Waals surface area contributed by atoms with Crippen LogP contribution < -0.4 is 0 Å². The smallest absolute Gasteiger partial charge is 0.0205 e. The lowest BCUT2D eigenvalue weighted by molar-refractivity contribution is 0.636. The van der Waals surface area contributed by atoms with Gasteiger partial charge in [0.1, 0.15) is 0 Å². The molecule has 20 heavy (non-hydrogen) atoms. The molecular weight excluding hydrogens is 240 g/mol. The number of rotatable bonds is 0. The van der Waals surface area contributed by atoms with E-state index in [1.54, 1.807) is 0 Å². The van der Waals surface area contributed by atoms with Crippen molar-refractivity contribution in [3.05, 3.63) is 95.1 Å². The first-order chi connectivity index (χ1) is 9.93. The summed E-state index contributed by atoms with van der Waals surface area (Å²) in [6.07, 6.45) is 18.1. The van der Waals surface area contributed by atoms with Gasteiger partial charge in [0.2, 0.25) is 0 Å². The van der Waals surface area contributed by atoms with Crippen molar-refractivity contribution in [3.8, 4) is 0 Å². The highest BCUT2D eigenvalue weighted by Gasteiger charge is 2.41. The molecule has 4 aliphatic rings. The van der Waals surface area contributed by atoms with E-state index in [9.17, 15) is 0 Å². The minimum Gasteiger partial charge on any atom is -0.0617 e. The zero-order valence-electron chi connectivity index (χ0n) is 11.1. The van der Waals surface area contributed by atoms with Crippen LogP contribution in [0.15, 0.2) is 84.0 Å². The van der Waals surface area contributed by atoms with Gasteiger partial charge in [-0.3, -0.25) is 0 Å². The summed E-state index contributed by atoms with van der Waals surface area (Å²) in [6.45, 7) is 0. The highest BCUT2D eigenvalue weighted by Crippen LogP contribution is 2.55. The summed E-state index contributed by atoms with van der Waals surface area (Å²) in [5, 5.41) is 0. The van der Waals surface area contributed by atoms with E-state index in [1.165, 1.54) is 33.4 Å². The van der Waals surface area contributed by atoms with Crippen molar-refractivity contribution in [2.45, 2.75) is 0 Å². The highest BCUT2D eigenvalue weighted by molar-refractivity contribution is 5.93. The SMILES string of the molecule is C1=CC2=CC=C3C=CC=C4c5ccccc5C(=C1)C2C34. The van der Waals surface area contributed by atoms with Crippen molar-refractivity contribution in [2.24, 2.45) is 11.8 Å². The molecule has 0 amide bonds. The molecule has 94 valence electrons. The molecule has 0 heterocycles. The molecule has 5 rings (SSSR count). The number of fused-ring (bicyclic) bond motifs is 3. The third kappa shape index (κ3) is 1.17. The van der Waals surface area contributed by atoms with Gasteiger partial charge in [0.05, 0.1) is 0 Å². The van der Waals surface area contributed by atoms with E-state index in [-0.39, 0.29) is 0 Å². The summed E-state index contributed by atoms with van der Waals surface area (Å²) in [4.78, 5) is 0. The van der Waals surface area contributed by atoms with Gasteiger partial charge in [-0.1, -0.05) is 72.9 Å². The summed E-state index contributed by atoms with van der Waals surface area (Å²) in [5.41, 5.74) is 8.69. The molecule has 1 aromatic carbocycles. The van der Waals surface area contributed by atoms with E-state index in [1.807, 2.05) is 0 Å². The van der Waals surface area contributed by atoms with Crippen molar-refractivity contribution in [3.63, 3.8) is 0 Å². The molecule has 0 fully saturated rings. The first kappa shape index (κ1) is 10.4. The molecule has 0 heteroatoms. The normalized spacial score (nSPS) is 27.8. The average Bonchev–Trinajstić information content (AvgIpc) is 2.53. The summed E-state index contributed by atoms with van der Waals surface area (Å²) in [7, 11) is 0. The van der Waals surface area contributed by atoms with Crippen LogP contribution in [0.3, 0.4) is 0 Å². The lowest BCUT2D eigenvalue weighted by atomic mass is 9.60. The Balaban J connectivity index is 1.91. The second-order valence-electron chi connectivity index (χ2n) is 5.80. The molecule has 4 aliphatic carbocycles. The number of hydrogen-bond acceptors (Lipinski definition) is 0. The maximum Gasteiger partial charge on any atom is 0.0205 e. The molecule has 0 bridgehead atoms. The Morgan fingerprint density at radius 3 is 1.60 bits per heavy atom. The monoisotopic (exact) mass is 254 g/mol. The maximum absolute atomic E-state index is 2.30. The summed E-state index contributed by atoms with van der Waals surface area (Å²) < 4.78 is 0. The number of hydrogen-bond donors (Lipinski definition) is 0. The average molecular weight is 254 g/mol. The van der Waals surface area contributed by atoms with Gasteiger partial charge >= 0.3 is 0 Å². The second kappa shape index (κ2) is 3.61. The van der Waals surface area contributed by atoms with Crippen LogP contribution in [0.1, 0.15) is 11.1 Å². The first-order valence-corrected chi connectivity index (χ1v) is 7.21. The van der Waals surface area contributed by atoms with Crippen molar-refractivity contribution in [1.29, 1.82) is 0 Å². The van der Waals surface area contributed by atoms with Crippen LogP contribution in [0.25, 0.3) is 11.1 Å². The number of benzene rings is 1. The second-order valence-corrected chi connectivity index (χ2v) is 5.80. The van der Waals surface area contributed by atoms with E-state index >= 15 is 0 Å². The van der Waals surface area contributed by atoms with Gasteiger partial charge in [-0.2, -0.15) is 0 Å². The molecule has 0 nitrogen and oxygen atoms in total. The predicted octanol–water partition coefficient (Wildman–Crippen LogP) is 4.71. The van der Waals surface area contributed by atoms with E-state index in [0.29, 0.717) is 11.8 Å². The van der Waals surface area contributed by atoms with Gasteiger partial charge in [0, 0.05) is 11.8 Å². The van der Waals surface area contributed by atoms with E-state index in [0.717, 1.165) is 0 Å². The topological polar surface area (TPSA) is 0 Å². The van der Waals surface area contributed by atoms with Crippen LogP contribution >= 0.6 is 0 Å². The molecule has 0 aliphatic heterocycles. The number of allylic oxidation sites excluding steroid dienone is 12. The largest absolute Gasteiger partial charge is 0.0617 e. The molecule has 0 radical (unpaired) electrons. The molecule has 1 aromatic rings. The fraction of sp³-hybridized carbons (Fsp3) is 0.100. The van der Waals surface area contributed by atoms with Crippen LogP contribution in [-0.2, 0) is 0 Å². The minimum atomic E-state index is 0.506.